The molecule has 1 heterocycles. The van der Waals surface area contributed by atoms with Crippen molar-refractivity contribution in [3.63, 3.8) is 0 Å². The van der Waals surface area contributed by atoms with Crippen molar-refractivity contribution in [3.05, 3.63) is 0 Å². The molecule has 23 heavy (non-hydrogen) atoms. The van der Waals surface area contributed by atoms with Gasteiger partial charge in [-0.15, -0.1) is 0 Å². The molecule has 2 saturated carbocycles. The van der Waals surface area contributed by atoms with Gasteiger partial charge < -0.3 is 13.6 Å². The highest BCUT2D eigenvalue weighted by molar-refractivity contribution is 6.91. The zero-order chi connectivity index (χ0) is 16.6. The molecule has 3 fully saturated rings. The van der Waals surface area contributed by atoms with E-state index in [1.807, 2.05) is 0 Å². The van der Waals surface area contributed by atoms with Gasteiger partial charge in [-0.05, 0) is 51.9 Å². The highest BCUT2D eigenvalue weighted by atomic mass is 28.4. The molecule has 5 heteroatoms. The van der Waals surface area contributed by atoms with E-state index in [9.17, 15) is 0 Å². The van der Waals surface area contributed by atoms with Crippen LogP contribution in [-0.2, 0) is 13.6 Å². The first-order valence-electron chi connectivity index (χ1n) is 9.88. The van der Waals surface area contributed by atoms with E-state index in [1.54, 1.807) is 0 Å². The Morgan fingerprint density at radius 3 is 1.52 bits per heavy atom. The van der Waals surface area contributed by atoms with Crippen LogP contribution in [0.15, 0.2) is 0 Å². The SMILES string of the molecule is C[Si]1(C)CC(OC2CCCCC2)(OC2CCCCC2)[Si](C)(C)O1. The van der Waals surface area contributed by atoms with Gasteiger partial charge in [0.2, 0.25) is 8.32 Å². The van der Waals surface area contributed by atoms with Crippen LogP contribution in [0.3, 0.4) is 0 Å². The van der Waals surface area contributed by atoms with Gasteiger partial charge in [0.05, 0.1) is 12.2 Å². The van der Waals surface area contributed by atoms with Gasteiger partial charge in [-0.2, -0.15) is 0 Å². The third-order valence-corrected chi connectivity index (χ3v) is 14.1. The van der Waals surface area contributed by atoms with Crippen molar-refractivity contribution in [2.24, 2.45) is 0 Å². The Kier molecular flexibility index (Phi) is 5.44. The van der Waals surface area contributed by atoms with E-state index in [1.165, 1.54) is 64.2 Å². The van der Waals surface area contributed by atoms with Crippen LogP contribution in [0.25, 0.3) is 0 Å². The predicted octanol–water partition coefficient (Wildman–Crippen LogP) is 5.36. The van der Waals surface area contributed by atoms with E-state index in [0.29, 0.717) is 12.2 Å². The first kappa shape index (κ1) is 18.1. The summed E-state index contributed by atoms with van der Waals surface area (Å²) in [5.74, 6) is 0. The lowest BCUT2D eigenvalue weighted by atomic mass is 9.97. The normalized spacial score (nSPS) is 31.3. The summed E-state index contributed by atoms with van der Waals surface area (Å²) < 4.78 is 20.3. The molecule has 0 aromatic rings. The maximum atomic E-state index is 6.84. The van der Waals surface area contributed by atoms with Crippen LogP contribution in [0.5, 0.6) is 0 Å². The minimum atomic E-state index is -2.01. The van der Waals surface area contributed by atoms with Crippen molar-refractivity contribution in [1.29, 1.82) is 0 Å². The van der Waals surface area contributed by atoms with E-state index in [4.69, 9.17) is 13.6 Å². The average molecular weight is 357 g/mol. The molecule has 3 aliphatic rings. The maximum absolute atomic E-state index is 6.84. The zero-order valence-corrected chi connectivity index (χ0v) is 17.7. The molecular formula is C18H36O3Si2. The van der Waals surface area contributed by atoms with Crippen molar-refractivity contribution < 1.29 is 13.6 Å². The summed E-state index contributed by atoms with van der Waals surface area (Å²) in [6, 6.07) is 1.03. The molecule has 0 N–H and O–H groups in total. The van der Waals surface area contributed by atoms with Crippen LogP contribution < -0.4 is 0 Å². The summed E-state index contributed by atoms with van der Waals surface area (Å²) in [7, 11) is -3.67. The second kappa shape index (κ2) is 6.91. The zero-order valence-electron chi connectivity index (χ0n) is 15.7. The molecule has 3 nitrogen and oxygen atoms in total. The fourth-order valence-corrected chi connectivity index (χ4v) is 16.5. The van der Waals surface area contributed by atoms with E-state index in [2.05, 4.69) is 26.2 Å². The quantitative estimate of drug-likeness (QED) is 0.501. The van der Waals surface area contributed by atoms with E-state index in [-0.39, 0.29) is 5.41 Å². The first-order chi connectivity index (χ1) is 10.8. The molecule has 0 atom stereocenters. The first-order valence-corrected chi connectivity index (χ1v) is 15.9. The number of hydrogen-bond donors (Lipinski definition) is 0. The van der Waals surface area contributed by atoms with Gasteiger partial charge in [-0.25, -0.2) is 0 Å². The molecule has 3 rings (SSSR count). The summed E-state index contributed by atoms with van der Waals surface area (Å²) in [4.78, 5) is 0. The van der Waals surface area contributed by atoms with Gasteiger partial charge in [-0.1, -0.05) is 38.5 Å². The molecule has 2 aliphatic carbocycles. The van der Waals surface area contributed by atoms with Crippen LogP contribution >= 0.6 is 0 Å². The van der Waals surface area contributed by atoms with Crippen LogP contribution in [0.4, 0.5) is 0 Å². The van der Waals surface area contributed by atoms with Crippen molar-refractivity contribution in [2.45, 2.75) is 114 Å². The largest absolute Gasteiger partial charge is 0.452 e. The number of hydrogen-bond acceptors (Lipinski definition) is 3. The van der Waals surface area contributed by atoms with Gasteiger partial charge in [0.1, 0.15) is 0 Å². The number of rotatable bonds is 4. The fraction of sp³-hybridized carbons (Fsp3) is 1.00. The summed E-state index contributed by atoms with van der Waals surface area (Å²) in [6.45, 7) is 9.36. The van der Waals surface area contributed by atoms with Crippen LogP contribution in [0.1, 0.15) is 64.2 Å². The molecule has 134 valence electrons. The van der Waals surface area contributed by atoms with Gasteiger partial charge in [-0.3, -0.25) is 0 Å². The second-order valence-electron chi connectivity index (χ2n) is 9.06. The topological polar surface area (TPSA) is 27.7 Å². The van der Waals surface area contributed by atoms with E-state index >= 15 is 0 Å². The van der Waals surface area contributed by atoms with Crippen molar-refractivity contribution in [2.75, 3.05) is 0 Å². The summed E-state index contributed by atoms with van der Waals surface area (Å²) >= 11 is 0. The van der Waals surface area contributed by atoms with Gasteiger partial charge in [0.15, 0.2) is 13.7 Å². The van der Waals surface area contributed by atoms with Gasteiger partial charge in [0, 0.05) is 6.04 Å². The lowest BCUT2D eigenvalue weighted by Gasteiger charge is -2.44. The van der Waals surface area contributed by atoms with Crippen LogP contribution in [-0.4, -0.2) is 34.3 Å². The molecule has 1 aliphatic heterocycles. The van der Waals surface area contributed by atoms with Gasteiger partial charge in [0.25, 0.3) is 0 Å². The maximum Gasteiger partial charge on any atom is 0.240 e. The minimum Gasteiger partial charge on any atom is -0.452 e. The predicted molar refractivity (Wildman–Crippen MR) is 99.5 cm³/mol. The highest BCUT2D eigenvalue weighted by Gasteiger charge is 2.63. The fourth-order valence-electron chi connectivity index (χ4n) is 4.88. The lowest BCUT2D eigenvalue weighted by Crippen LogP contribution is -2.58. The van der Waals surface area contributed by atoms with E-state index in [0.717, 1.165) is 6.04 Å². The van der Waals surface area contributed by atoms with Gasteiger partial charge >= 0.3 is 0 Å². The Labute approximate surface area is 144 Å². The summed E-state index contributed by atoms with van der Waals surface area (Å²) in [5, 5.41) is 0. The Balaban J connectivity index is 1.79. The van der Waals surface area contributed by atoms with Crippen LogP contribution in [0, 0.1) is 0 Å². The third kappa shape index (κ3) is 4.11. The molecule has 0 bridgehead atoms. The van der Waals surface area contributed by atoms with Crippen LogP contribution in [0.2, 0.25) is 32.2 Å². The molecule has 1 saturated heterocycles. The smallest absolute Gasteiger partial charge is 0.240 e. The van der Waals surface area contributed by atoms with Crippen molar-refractivity contribution in [1.82, 2.24) is 0 Å². The molecule has 0 aromatic carbocycles. The molecule has 0 unspecified atom stereocenters. The lowest BCUT2D eigenvalue weighted by molar-refractivity contribution is -0.232. The molecular weight excluding hydrogens is 320 g/mol. The minimum absolute atomic E-state index is 0.382. The molecule has 0 aromatic heterocycles. The monoisotopic (exact) mass is 356 g/mol. The summed E-state index contributed by atoms with van der Waals surface area (Å²) in [5.41, 5.74) is -0.382. The summed E-state index contributed by atoms with van der Waals surface area (Å²) in [6.07, 6.45) is 13.6. The molecule has 0 spiro atoms. The van der Waals surface area contributed by atoms with Crippen molar-refractivity contribution in [3.8, 4) is 0 Å². The number of ether oxygens (including phenoxy) is 2. The van der Waals surface area contributed by atoms with Crippen molar-refractivity contribution >= 4 is 16.6 Å². The molecule has 0 radical (unpaired) electrons. The average Bonchev–Trinajstić information content (AvgIpc) is 2.65. The Bertz CT molecular complexity index is 379. The highest BCUT2D eigenvalue weighted by Crippen LogP contribution is 2.47. The Hall–Kier alpha value is 0.314. The Morgan fingerprint density at radius 1 is 0.739 bits per heavy atom. The molecule has 0 amide bonds. The van der Waals surface area contributed by atoms with E-state index < -0.39 is 16.6 Å². The standard InChI is InChI=1S/C18H36O3Si2/c1-22(2)15-18(23(3,4)21-22,19-16-11-7-5-8-12-16)20-17-13-9-6-10-14-17/h16-17H,5-15H2,1-4H3. The second-order valence-corrected chi connectivity index (χ2v) is 17.5. The third-order valence-electron chi connectivity index (χ3n) is 5.93. The Morgan fingerprint density at radius 2 is 1.17 bits per heavy atom.